The van der Waals surface area contributed by atoms with E-state index in [1.165, 1.54) is 17.8 Å². The second-order valence-corrected chi connectivity index (χ2v) is 5.60. The molecule has 2 aromatic carbocycles. The highest BCUT2D eigenvalue weighted by Gasteiger charge is 2.45. The Morgan fingerprint density at radius 2 is 1.83 bits per heavy atom. The van der Waals surface area contributed by atoms with Crippen molar-refractivity contribution >= 4 is 24.1 Å². The van der Waals surface area contributed by atoms with Gasteiger partial charge in [-0.2, -0.15) is 0 Å². The van der Waals surface area contributed by atoms with Crippen molar-refractivity contribution in [1.82, 2.24) is 5.01 Å². The van der Waals surface area contributed by atoms with Gasteiger partial charge in [0.2, 0.25) is 0 Å². The van der Waals surface area contributed by atoms with Crippen LogP contribution in [0.5, 0.6) is 0 Å². The molecule has 7 heteroatoms. The Morgan fingerprint density at radius 3 is 2.67 bits per heavy atom. The van der Waals surface area contributed by atoms with Gasteiger partial charge in [0.05, 0.1) is 11.3 Å². The molecule has 0 spiro atoms. The molecule has 0 aliphatic carbocycles. The number of quaternary nitrogens is 1. The van der Waals surface area contributed by atoms with Crippen LogP contribution in [-0.2, 0) is 0 Å². The Kier molecular flexibility index (Phi) is 3.37. The number of hydrazine groups is 1. The van der Waals surface area contributed by atoms with Crippen LogP contribution in [0.4, 0.5) is 15.8 Å². The van der Waals surface area contributed by atoms with Gasteiger partial charge in [0.25, 0.3) is 5.82 Å². The molecule has 0 aromatic heterocycles. The summed E-state index contributed by atoms with van der Waals surface area (Å²) in [5.41, 5.74) is 3.18. The summed E-state index contributed by atoms with van der Waals surface area (Å²) in [6.45, 7) is 0. The molecule has 3 aliphatic heterocycles. The highest BCUT2D eigenvalue weighted by molar-refractivity contribution is 5.81. The molecule has 5 nitrogen and oxygen atoms in total. The first-order valence-corrected chi connectivity index (χ1v) is 7.40. The molecule has 0 bridgehead atoms. The predicted octanol–water partition coefficient (Wildman–Crippen LogP) is -1.04. The molecule has 5 rings (SSSR count). The van der Waals surface area contributed by atoms with E-state index < -0.39 is 0 Å². The molecular weight excluding hydrogens is 329 g/mol. The average molecular weight is 342 g/mol. The number of hydrogen-bond acceptors (Lipinski definition) is 4. The van der Waals surface area contributed by atoms with Gasteiger partial charge in [0.15, 0.2) is 18.2 Å². The third-order valence-electron chi connectivity index (χ3n) is 4.32. The van der Waals surface area contributed by atoms with Crippen molar-refractivity contribution in [2.24, 2.45) is 9.98 Å². The molecule has 2 aromatic rings. The minimum Gasteiger partial charge on any atom is -1.00 e. The van der Waals surface area contributed by atoms with Crippen LogP contribution in [0, 0.1) is 5.82 Å². The summed E-state index contributed by atoms with van der Waals surface area (Å²) in [5, 5.41) is 4.04. The maximum atomic E-state index is 13.2. The zero-order valence-electron chi connectivity index (χ0n) is 12.5. The fourth-order valence-corrected chi connectivity index (χ4v) is 3.28. The standard InChI is InChI=1S/C17H12FN5.ClH/c18-12-5-7-13(8-6-12)22-11-20-17-14-3-1-2-4-15(14)21-10-19-9-16(21)23(17)22;/h1-11,17H;1H. The molecular formula is C17H13ClFN5. The largest absolute Gasteiger partial charge is 1.00 e. The second-order valence-electron chi connectivity index (χ2n) is 5.60. The third kappa shape index (κ3) is 1.97. The van der Waals surface area contributed by atoms with E-state index in [1.54, 1.807) is 18.5 Å². The van der Waals surface area contributed by atoms with Crippen LogP contribution in [0.25, 0.3) is 0 Å². The number of hydrogen-bond donors (Lipinski definition) is 1. The Hall–Kier alpha value is -2.70. The molecule has 2 atom stereocenters. The minimum absolute atomic E-state index is 0. The third-order valence-corrected chi connectivity index (χ3v) is 4.32. The summed E-state index contributed by atoms with van der Waals surface area (Å²) < 4.78 is 13.2. The zero-order chi connectivity index (χ0) is 15.4. The fraction of sp³-hybridized carbons (Fsp3) is 0.0588. The topological polar surface area (TPSA) is 35.6 Å². The molecule has 120 valence electrons. The summed E-state index contributed by atoms with van der Waals surface area (Å²) >= 11 is 0. The highest BCUT2D eigenvalue weighted by Crippen LogP contribution is 2.39. The van der Waals surface area contributed by atoms with E-state index >= 15 is 0 Å². The van der Waals surface area contributed by atoms with Crippen molar-refractivity contribution in [2.75, 3.05) is 5.01 Å². The number of fused-ring (bicyclic) bond motifs is 6. The Bertz CT molecular complexity index is 877. The summed E-state index contributed by atoms with van der Waals surface area (Å²) in [7, 11) is 0. The Labute approximate surface area is 144 Å². The zero-order valence-corrected chi connectivity index (χ0v) is 13.2. The number of nitrogens with one attached hydrogen (secondary N) is 1. The van der Waals surface area contributed by atoms with E-state index in [-0.39, 0.29) is 24.4 Å². The molecule has 0 saturated carbocycles. The van der Waals surface area contributed by atoms with Crippen LogP contribution in [-0.4, -0.2) is 17.7 Å². The van der Waals surface area contributed by atoms with Crippen molar-refractivity contribution in [3.63, 3.8) is 0 Å². The van der Waals surface area contributed by atoms with Crippen LogP contribution in [0.3, 0.4) is 0 Å². The van der Waals surface area contributed by atoms with Crippen LogP contribution in [0.1, 0.15) is 11.7 Å². The minimum atomic E-state index is -0.249. The first-order valence-electron chi connectivity index (χ1n) is 7.40. The van der Waals surface area contributed by atoms with E-state index in [1.807, 2.05) is 29.7 Å². The van der Waals surface area contributed by atoms with Crippen LogP contribution in [0.15, 0.2) is 70.5 Å². The van der Waals surface area contributed by atoms with Gasteiger partial charge >= 0.3 is 0 Å². The number of nitrogens with zero attached hydrogens (tertiary/aromatic N) is 4. The summed E-state index contributed by atoms with van der Waals surface area (Å²) in [6.07, 6.45) is 5.40. The van der Waals surface area contributed by atoms with E-state index in [2.05, 4.69) is 27.1 Å². The number of rotatable bonds is 1. The lowest BCUT2D eigenvalue weighted by Crippen LogP contribution is -3.06. The van der Waals surface area contributed by atoms with Crippen molar-refractivity contribution in [1.29, 1.82) is 0 Å². The molecule has 1 N–H and O–H groups in total. The van der Waals surface area contributed by atoms with Crippen LogP contribution < -0.4 is 22.3 Å². The highest BCUT2D eigenvalue weighted by atomic mass is 35.5. The lowest BCUT2D eigenvalue weighted by molar-refractivity contribution is -0.691. The van der Waals surface area contributed by atoms with Gasteiger partial charge in [-0.05, 0) is 30.3 Å². The van der Waals surface area contributed by atoms with E-state index in [0.29, 0.717) is 0 Å². The van der Waals surface area contributed by atoms with Gasteiger partial charge in [-0.3, -0.25) is 0 Å². The molecule has 0 fully saturated rings. The maximum absolute atomic E-state index is 13.2. The molecule has 3 aliphatic rings. The van der Waals surface area contributed by atoms with Crippen molar-refractivity contribution < 1.29 is 21.7 Å². The monoisotopic (exact) mass is 341 g/mol. The lowest BCUT2D eigenvalue weighted by atomic mass is 10.1. The maximum Gasteiger partial charge on any atom is 0.253 e. The number of anilines is 1. The molecule has 24 heavy (non-hydrogen) atoms. The molecule has 3 heterocycles. The van der Waals surface area contributed by atoms with Gasteiger partial charge in [-0.15, -0.1) is 0 Å². The Balaban J connectivity index is 0.00000146. The van der Waals surface area contributed by atoms with Gasteiger partial charge in [0, 0.05) is 6.07 Å². The summed E-state index contributed by atoms with van der Waals surface area (Å²) in [5.74, 6) is 0.761. The van der Waals surface area contributed by atoms with E-state index in [4.69, 9.17) is 0 Å². The normalized spacial score (nSPS) is 22.6. The smallest absolute Gasteiger partial charge is 0.253 e. The van der Waals surface area contributed by atoms with Crippen LogP contribution >= 0.6 is 0 Å². The summed E-state index contributed by atoms with van der Waals surface area (Å²) in [4.78, 5) is 10.1. The van der Waals surface area contributed by atoms with Crippen molar-refractivity contribution in [3.05, 3.63) is 71.9 Å². The number of aliphatic imine (C=N–C) groups is 2. The first kappa shape index (κ1) is 14.9. The molecule has 0 radical (unpaired) electrons. The van der Waals surface area contributed by atoms with E-state index in [9.17, 15) is 4.39 Å². The SMILES string of the molecule is Fc1ccc(N2C=NC3c4ccccc4[NH+]4C=NC=C4N32)cc1.[Cl-]. The number of halogens is 2. The summed E-state index contributed by atoms with van der Waals surface area (Å²) in [6, 6.07) is 14.7. The van der Waals surface area contributed by atoms with E-state index in [0.717, 1.165) is 22.0 Å². The van der Waals surface area contributed by atoms with Crippen molar-refractivity contribution in [2.45, 2.75) is 6.17 Å². The first-order chi connectivity index (χ1) is 11.3. The van der Waals surface area contributed by atoms with Gasteiger partial charge in [0.1, 0.15) is 18.4 Å². The molecule has 0 amide bonds. The fourth-order valence-electron chi connectivity index (χ4n) is 3.28. The van der Waals surface area contributed by atoms with Gasteiger partial charge < -0.3 is 12.4 Å². The quantitative estimate of drug-likeness (QED) is 0.719. The predicted molar refractivity (Wildman–Crippen MR) is 85.6 cm³/mol. The Morgan fingerprint density at radius 1 is 1.04 bits per heavy atom. The van der Waals surface area contributed by atoms with Gasteiger partial charge in [-0.1, -0.05) is 12.1 Å². The number of para-hydroxylation sites is 1. The van der Waals surface area contributed by atoms with Gasteiger partial charge in [-0.25, -0.2) is 29.3 Å². The van der Waals surface area contributed by atoms with Crippen molar-refractivity contribution in [3.8, 4) is 0 Å². The lowest BCUT2D eigenvalue weighted by Gasteiger charge is -2.38. The number of benzene rings is 2. The van der Waals surface area contributed by atoms with Crippen LogP contribution in [0.2, 0.25) is 0 Å². The molecule has 0 saturated heterocycles. The second kappa shape index (κ2) is 5.43. The average Bonchev–Trinajstić information content (AvgIpc) is 3.22. The molecule has 2 unspecified atom stereocenters.